The molecule has 2 amide bonds. The van der Waals surface area contributed by atoms with Crippen LogP contribution >= 0.6 is 0 Å². The number of nitrogens with one attached hydrogen (secondary N) is 1. The van der Waals surface area contributed by atoms with Crippen LogP contribution in [-0.4, -0.2) is 23.3 Å². The van der Waals surface area contributed by atoms with Gasteiger partial charge in [0.15, 0.2) is 0 Å². The summed E-state index contributed by atoms with van der Waals surface area (Å²) in [5.74, 6) is -0.602. The molecule has 0 atom stereocenters. The SMILES string of the molecule is O=C(Cc1cccc(N(Cc2ccc(F)cc2)C(=O)c2ccccc2)c1)NCCc1ccccn1. The van der Waals surface area contributed by atoms with Crippen LogP contribution in [-0.2, 0) is 24.2 Å². The number of benzene rings is 3. The summed E-state index contributed by atoms with van der Waals surface area (Å²) in [6.45, 7) is 0.770. The highest BCUT2D eigenvalue weighted by Gasteiger charge is 2.19. The summed E-state index contributed by atoms with van der Waals surface area (Å²) in [4.78, 5) is 31.8. The molecule has 4 aromatic rings. The van der Waals surface area contributed by atoms with Crippen LogP contribution in [0.25, 0.3) is 0 Å². The van der Waals surface area contributed by atoms with E-state index in [1.165, 1.54) is 12.1 Å². The number of pyridine rings is 1. The molecule has 4 rings (SSSR count). The van der Waals surface area contributed by atoms with E-state index >= 15 is 0 Å². The number of hydrogen-bond acceptors (Lipinski definition) is 3. The number of aromatic nitrogens is 1. The van der Waals surface area contributed by atoms with Gasteiger partial charge in [0.25, 0.3) is 5.91 Å². The van der Waals surface area contributed by atoms with E-state index in [0.29, 0.717) is 24.2 Å². The first kappa shape index (κ1) is 23.8. The molecule has 0 fully saturated rings. The van der Waals surface area contributed by atoms with Crippen molar-refractivity contribution in [3.63, 3.8) is 0 Å². The third-order valence-corrected chi connectivity index (χ3v) is 5.54. The molecule has 0 aliphatic rings. The Balaban J connectivity index is 1.48. The van der Waals surface area contributed by atoms with Crippen molar-refractivity contribution in [2.45, 2.75) is 19.4 Å². The third-order valence-electron chi connectivity index (χ3n) is 5.54. The highest BCUT2D eigenvalue weighted by atomic mass is 19.1. The van der Waals surface area contributed by atoms with Gasteiger partial charge in [0, 0.05) is 36.1 Å². The third kappa shape index (κ3) is 6.84. The van der Waals surface area contributed by atoms with Gasteiger partial charge in [-0.3, -0.25) is 14.6 Å². The number of rotatable bonds is 9. The van der Waals surface area contributed by atoms with E-state index in [1.54, 1.807) is 35.4 Å². The maximum Gasteiger partial charge on any atom is 0.258 e. The lowest BCUT2D eigenvalue weighted by Gasteiger charge is -2.24. The monoisotopic (exact) mass is 467 g/mol. The zero-order chi connectivity index (χ0) is 24.5. The maximum atomic E-state index is 13.4. The quantitative estimate of drug-likeness (QED) is 0.378. The van der Waals surface area contributed by atoms with Crippen LogP contribution in [0.5, 0.6) is 0 Å². The van der Waals surface area contributed by atoms with Crippen molar-refractivity contribution < 1.29 is 14.0 Å². The van der Waals surface area contributed by atoms with Crippen molar-refractivity contribution in [2.24, 2.45) is 0 Å². The van der Waals surface area contributed by atoms with Crippen LogP contribution in [0.4, 0.5) is 10.1 Å². The number of carbonyl (C=O) groups is 2. The second-order valence-corrected chi connectivity index (χ2v) is 8.15. The number of halogens is 1. The highest BCUT2D eigenvalue weighted by Crippen LogP contribution is 2.22. The molecule has 176 valence electrons. The van der Waals surface area contributed by atoms with E-state index in [1.807, 2.05) is 60.7 Å². The lowest BCUT2D eigenvalue weighted by Crippen LogP contribution is -2.31. The van der Waals surface area contributed by atoms with Gasteiger partial charge in [0.05, 0.1) is 13.0 Å². The molecular formula is C29H26FN3O2. The Bertz CT molecular complexity index is 1260. The molecular weight excluding hydrogens is 441 g/mol. The molecule has 1 N–H and O–H groups in total. The summed E-state index contributed by atoms with van der Waals surface area (Å²) in [5, 5.41) is 2.93. The molecule has 0 saturated heterocycles. The smallest absolute Gasteiger partial charge is 0.258 e. The Morgan fingerprint density at radius 2 is 1.60 bits per heavy atom. The summed E-state index contributed by atoms with van der Waals surface area (Å²) in [7, 11) is 0. The number of nitrogens with zero attached hydrogens (tertiary/aromatic N) is 2. The highest BCUT2D eigenvalue weighted by molar-refractivity contribution is 6.06. The Kier molecular flexibility index (Phi) is 7.96. The van der Waals surface area contributed by atoms with Gasteiger partial charge in [-0.2, -0.15) is 0 Å². The van der Waals surface area contributed by atoms with Gasteiger partial charge in [0.2, 0.25) is 5.91 Å². The topological polar surface area (TPSA) is 62.3 Å². The number of anilines is 1. The molecule has 0 spiro atoms. The fourth-order valence-electron chi connectivity index (χ4n) is 3.75. The van der Waals surface area contributed by atoms with Gasteiger partial charge < -0.3 is 10.2 Å². The average Bonchev–Trinajstić information content (AvgIpc) is 2.89. The predicted molar refractivity (Wildman–Crippen MR) is 134 cm³/mol. The first-order valence-corrected chi connectivity index (χ1v) is 11.5. The summed E-state index contributed by atoms with van der Waals surface area (Å²) < 4.78 is 13.4. The van der Waals surface area contributed by atoms with Gasteiger partial charge >= 0.3 is 0 Å². The second kappa shape index (κ2) is 11.7. The minimum absolute atomic E-state index is 0.0995. The largest absolute Gasteiger partial charge is 0.355 e. The summed E-state index contributed by atoms with van der Waals surface area (Å²) >= 11 is 0. The average molecular weight is 468 g/mol. The van der Waals surface area contributed by atoms with Crippen LogP contribution < -0.4 is 10.2 Å². The Hall–Kier alpha value is -4.32. The van der Waals surface area contributed by atoms with Crippen molar-refractivity contribution in [2.75, 3.05) is 11.4 Å². The van der Waals surface area contributed by atoms with Crippen LogP contribution in [0.3, 0.4) is 0 Å². The van der Waals surface area contributed by atoms with Gasteiger partial charge in [-0.1, -0.05) is 48.5 Å². The first-order chi connectivity index (χ1) is 17.1. The second-order valence-electron chi connectivity index (χ2n) is 8.15. The number of hydrogen-bond donors (Lipinski definition) is 1. The zero-order valence-electron chi connectivity index (χ0n) is 19.2. The molecule has 35 heavy (non-hydrogen) atoms. The van der Waals surface area contributed by atoms with Crippen molar-refractivity contribution >= 4 is 17.5 Å². The molecule has 5 nitrogen and oxygen atoms in total. The lowest BCUT2D eigenvalue weighted by atomic mass is 10.1. The van der Waals surface area contributed by atoms with Gasteiger partial charge in [0.1, 0.15) is 5.82 Å². The molecule has 0 aliphatic carbocycles. The molecule has 0 unspecified atom stereocenters. The van der Waals surface area contributed by atoms with Gasteiger partial charge in [-0.05, 0) is 59.7 Å². The Labute approximate surface area is 204 Å². The minimum Gasteiger partial charge on any atom is -0.355 e. The molecule has 6 heteroatoms. The molecule has 1 heterocycles. The molecule has 0 saturated carbocycles. The van der Waals surface area contributed by atoms with Crippen molar-refractivity contribution in [3.8, 4) is 0 Å². The lowest BCUT2D eigenvalue weighted by molar-refractivity contribution is -0.120. The van der Waals surface area contributed by atoms with E-state index in [9.17, 15) is 14.0 Å². The van der Waals surface area contributed by atoms with Crippen molar-refractivity contribution in [1.82, 2.24) is 10.3 Å². The summed E-state index contributed by atoms with van der Waals surface area (Å²) in [6.07, 6.45) is 2.58. The molecule has 3 aromatic carbocycles. The minimum atomic E-state index is -0.328. The van der Waals surface area contributed by atoms with Gasteiger partial charge in [-0.15, -0.1) is 0 Å². The van der Waals surface area contributed by atoms with Crippen LogP contribution in [0.1, 0.15) is 27.2 Å². The van der Waals surface area contributed by atoms with E-state index in [0.717, 1.165) is 16.8 Å². The fourth-order valence-corrected chi connectivity index (χ4v) is 3.75. The van der Waals surface area contributed by atoms with Gasteiger partial charge in [-0.25, -0.2) is 4.39 Å². The molecule has 0 aliphatic heterocycles. The molecule has 0 bridgehead atoms. The van der Waals surface area contributed by atoms with Crippen LogP contribution in [0.2, 0.25) is 0 Å². The maximum absolute atomic E-state index is 13.4. The van der Waals surface area contributed by atoms with Crippen LogP contribution in [0, 0.1) is 5.82 Å². The normalized spacial score (nSPS) is 10.5. The van der Waals surface area contributed by atoms with E-state index in [4.69, 9.17) is 0 Å². The van der Waals surface area contributed by atoms with E-state index in [2.05, 4.69) is 10.3 Å². The molecule has 0 radical (unpaired) electrons. The van der Waals surface area contributed by atoms with Crippen molar-refractivity contribution in [3.05, 3.63) is 131 Å². The summed E-state index contributed by atoms with van der Waals surface area (Å²) in [6, 6.07) is 28.2. The Morgan fingerprint density at radius 1 is 0.829 bits per heavy atom. The molecule has 1 aromatic heterocycles. The Morgan fingerprint density at radius 3 is 2.34 bits per heavy atom. The van der Waals surface area contributed by atoms with Crippen molar-refractivity contribution in [1.29, 1.82) is 0 Å². The predicted octanol–water partition coefficient (Wildman–Crippen LogP) is 4.97. The number of carbonyl (C=O) groups excluding carboxylic acids is 2. The van der Waals surface area contributed by atoms with Crippen LogP contribution in [0.15, 0.2) is 103 Å². The standard InChI is InChI=1S/C29H26FN3O2/c30-25-14-12-22(13-15-25)21-33(29(35)24-8-2-1-3-9-24)27-11-6-7-23(19-27)20-28(34)32-18-16-26-10-4-5-17-31-26/h1-15,17,19H,16,18,20-21H2,(H,32,34). The van der Waals surface area contributed by atoms with E-state index < -0.39 is 0 Å². The fraction of sp³-hybridized carbons (Fsp3) is 0.138. The number of amides is 2. The summed E-state index contributed by atoms with van der Waals surface area (Å²) in [5.41, 5.74) is 3.73. The zero-order valence-corrected chi connectivity index (χ0v) is 19.2. The van der Waals surface area contributed by atoms with E-state index in [-0.39, 0.29) is 30.6 Å². The first-order valence-electron chi connectivity index (χ1n) is 11.5.